The summed E-state index contributed by atoms with van der Waals surface area (Å²) in [5, 5.41) is 5.33. The topological polar surface area (TPSA) is 81.8 Å². The van der Waals surface area contributed by atoms with Gasteiger partial charge in [0.25, 0.3) is 0 Å². The van der Waals surface area contributed by atoms with Gasteiger partial charge in [-0.15, -0.1) is 0 Å². The molecule has 0 aliphatic carbocycles. The number of nitrogens with one attached hydrogen (secondary N) is 1. The van der Waals surface area contributed by atoms with Crippen LogP contribution in [0.1, 0.15) is 26.3 Å². The molecule has 0 saturated carbocycles. The molecule has 196 valence electrons. The van der Waals surface area contributed by atoms with Gasteiger partial charge in [-0.2, -0.15) is 0 Å². The molecule has 39 heavy (non-hydrogen) atoms. The molecule has 1 heterocycles. The standard InChI is InChI=1S/C31H27N3O4S/c1-31(2,3)38-30(35)33-29-18-22-14-15-24(32-4)19-28(22)34(29)20-23-17-26(16-21-10-8-9-13-27(21)23)39(36,37)25-11-6-5-7-12-25/h5-19H,20H2,1-3H3,(H,33,35). The number of aromatic nitrogens is 1. The molecular formula is C31H27N3O4S. The largest absolute Gasteiger partial charge is 0.444 e. The van der Waals surface area contributed by atoms with Crippen LogP contribution in [0, 0.1) is 6.57 Å². The summed E-state index contributed by atoms with van der Waals surface area (Å²) in [6.45, 7) is 13.1. The minimum Gasteiger partial charge on any atom is -0.444 e. The predicted molar refractivity (Wildman–Crippen MR) is 153 cm³/mol. The Morgan fingerprint density at radius 3 is 2.33 bits per heavy atom. The lowest BCUT2D eigenvalue weighted by molar-refractivity contribution is 0.0635. The first kappa shape index (κ1) is 26.0. The van der Waals surface area contributed by atoms with Gasteiger partial charge in [0.2, 0.25) is 9.84 Å². The summed E-state index contributed by atoms with van der Waals surface area (Å²) in [7, 11) is -3.77. The monoisotopic (exact) mass is 537 g/mol. The molecule has 1 amide bonds. The van der Waals surface area contributed by atoms with Crippen LogP contribution in [-0.2, 0) is 21.1 Å². The number of fused-ring (bicyclic) bond motifs is 2. The lowest BCUT2D eigenvalue weighted by atomic mass is 10.0. The summed E-state index contributed by atoms with van der Waals surface area (Å²) < 4.78 is 34.5. The van der Waals surface area contributed by atoms with Gasteiger partial charge >= 0.3 is 6.09 Å². The summed E-state index contributed by atoms with van der Waals surface area (Å²) in [5.74, 6) is 0.474. The van der Waals surface area contributed by atoms with E-state index >= 15 is 0 Å². The fourth-order valence-electron chi connectivity index (χ4n) is 4.55. The Morgan fingerprint density at radius 2 is 1.62 bits per heavy atom. The van der Waals surface area contributed by atoms with Crippen LogP contribution >= 0.6 is 0 Å². The zero-order valence-electron chi connectivity index (χ0n) is 21.8. The minimum atomic E-state index is -3.77. The smallest absolute Gasteiger partial charge is 0.413 e. The first-order valence-corrected chi connectivity index (χ1v) is 13.9. The first-order chi connectivity index (χ1) is 18.5. The van der Waals surface area contributed by atoms with Crippen molar-refractivity contribution in [3.05, 3.63) is 108 Å². The molecule has 0 saturated heterocycles. The van der Waals surface area contributed by atoms with Crippen molar-refractivity contribution in [1.82, 2.24) is 4.57 Å². The summed E-state index contributed by atoms with van der Waals surface area (Å²) in [6, 6.07) is 26.4. The van der Waals surface area contributed by atoms with Crippen molar-refractivity contribution >= 4 is 49.1 Å². The van der Waals surface area contributed by atoms with E-state index in [2.05, 4.69) is 10.2 Å². The maximum absolute atomic E-state index is 13.6. The molecule has 4 aromatic carbocycles. The molecule has 0 unspecified atom stereocenters. The molecule has 5 aromatic rings. The Kier molecular flexibility index (Phi) is 6.62. The van der Waals surface area contributed by atoms with Crippen molar-refractivity contribution in [2.75, 3.05) is 5.32 Å². The molecule has 0 radical (unpaired) electrons. The Morgan fingerprint density at radius 1 is 0.897 bits per heavy atom. The molecule has 7 nitrogen and oxygen atoms in total. The van der Waals surface area contributed by atoms with Crippen LogP contribution < -0.4 is 5.32 Å². The molecule has 0 aliphatic heterocycles. The summed E-state index contributed by atoms with van der Waals surface area (Å²) >= 11 is 0. The number of anilines is 1. The number of carbonyl (C=O) groups is 1. The van der Waals surface area contributed by atoms with Gasteiger partial charge in [-0.05, 0) is 78.9 Å². The highest BCUT2D eigenvalue weighted by Crippen LogP contribution is 2.33. The normalized spacial score (nSPS) is 11.8. The third-order valence-electron chi connectivity index (χ3n) is 6.26. The lowest BCUT2D eigenvalue weighted by Crippen LogP contribution is -2.28. The van der Waals surface area contributed by atoms with Gasteiger partial charge in [0, 0.05) is 5.52 Å². The van der Waals surface area contributed by atoms with Crippen LogP contribution in [0.15, 0.2) is 101 Å². The van der Waals surface area contributed by atoms with Gasteiger partial charge in [0.05, 0.1) is 22.9 Å². The SMILES string of the molecule is [C-]#[N+]c1ccc2cc(NC(=O)OC(C)(C)C)n(Cc3cc(S(=O)(=O)c4ccccc4)cc4ccccc34)c2c1. The highest BCUT2D eigenvalue weighted by molar-refractivity contribution is 7.91. The average Bonchev–Trinajstić information content (AvgIpc) is 3.23. The van der Waals surface area contributed by atoms with Crippen molar-refractivity contribution in [2.24, 2.45) is 0 Å². The highest BCUT2D eigenvalue weighted by atomic mass is 32.2. The van der Waals surface area contributed by atoms with E-state index in [1.54, 1.807) is 75.4 Å². The number of benzene rings is 4. The second kappa shape index (κ2) is 9.93. The Hall–Kier alpha value is -4.61. The van der Waals surface area contributed by atoms with Crippen molar-refractivity contribution < 1.29 is 17.9 Å². The zero-order valence-corrected chi connectivity index (χ0v) is 22.6. The molecule has 1 aromatic heterocycles. The van der Waals surface area contributed by atoms with Gasteiger partial charge in [-0.3, -0.25) is 5.32 Å². The van der Waals surface area contributed by atoms with E-state index < -0.39 is 21.5 Å². The Balaban J connectivity index is 1.67. The molecule has 5 rings (SSSR count). The molecule has 8 heteroatoms. The zero-order chi connectivity index (χ0) is 27.8. The summed E-state index contributed by atoms with van der Waals surface area (Å²) in [5.41, 5.74) is 1.25. The molecule has 0 spiro atoms. The number of nitrogens with zero attached hydrogens (tertiary/aromatic N) is 2. The van der Waals surface area contributed by atoms with Crippen LogP contribution in [0.5, 0.6) is 0 Å². The van der Waals surface area contributed by atoms with E-state index in [4.69, 9.17) is 11.3 Å². The fraction of sp³-hybridized carbons (Fsp3) is 0.161. The van der Waals surface area contributed by atoms with E-state index in [0.717, 1.165) is 27.2 Å². The van der Waals surface area contributed by atoms with E-state index in [9.17, 15) is 13.2 Å². The number of sulfone groups is 1. The Labute approximate surface area is 227 Å². The van der Waals surface area contributed by atoms with Crippen molar-refractivity contribution in [1.29, 1.82) is 0 Å². The van der Waals surface area contributed by atoms with E-state index in [0.29, 0.717) is 11.5 Å². The number of ether oxygens (including phenoxy) is 1. The highest BCUT2D eigenvalue weighted by Gasteiger charge is 2.22. The van der Waals surface area contributed by atoms with Gasteiger partial charge in [0.15, 0.2) is 5.69 Å². The van der Waals surface area contributed by atoms with Crippen LogP contribution in [0.2, 0.25) is 0 Å². The number of hydrogen-bond donors (Lipinski definition) is 1. The van der Waals surface area contributed by atoms with E-state index in [1.165, 1.54) is 0 Å². The minimum absolute atomic E-state index is 0.183. The predicted octanol–water partition coefficient (Wildman–Crippen LogP) is 7.57. The second-order valence-electron chi connectivity index (χ2n) is 10.2. The molecule has 0 aliphatic rings. The maximum Gasteiger partial charge on any atom is 0.413 e. The second-order valence-corrected chi connectivity index (χ2v) is 12.2. The molecular weight excluding hydrogens is 510 g/mol. The quantitative estimate of drug-likeness (QED) is 0.234. The Bertz CT molecular complexity index is 1860. The maximum atomic E-state index is 13.6. The van der Waals surface area contributed by atoms with Gasteiger partial charge in [-0.1, -0.05) is 54.6 Å². The molecule has 0 fully saturated rings. The number of rotatable bonds is 5. The van der Waals surface area contributed by atoms with Crippen LogP contribution in [0.3, 0.4) is 0 Å². The van der Waals surface area contributed by atoms with Crippen LogP contribution in [-0.4, -0.2) is 24.7 Å². The lowest BCUT2D eigenvalue weighted by Gasteiger charge is -2.20. The van der Waals surface area contributed by atoms with Gasteiger partial charge < -0.3 is 9.30 Å². The molecule has 0 bridgehead atoms. The first-order valence-electron chi connectivity index (χ1n) is 12.4. The average molecular weight is 538 g/mol. The summed E-state index contributed by atoms with van der Waals surface area (Å²) in [6.07, 6.45) is -0.609. The van der Waals surface area contributed by atoms with Crippen molar-refractivity contribution in [2.45, 2.75) is 42.7 Å². The van der Waals surface area contributed by atoms with Gasteiger partial charge in [0.1, 0.15) is 11.4 Å². The third kappa shape index (κ3) is 5.35. The number of hydrogen-bond acceptors (Lipinski definition) is 4. The van der Waals surface area contributed by atoms with Crippen molar-refractivity contribution in [3.8, 4) is 0 Å². The number of carbonyl (C=O) groups excluding carboxylic acids is 1. The number of amides is 1. The van der Waals surface area contributed by atoms with Crippen molar-refractivity contribution in [3.63, 3.8) is 0 Å². The van der Waals surface area contributed by atoms with Crippen LogP contribution in [0.25, 0.3) is 26.5 Å². The summed E-state index contributed by atoms with van der Waals surface area (Å²) in [4.78, 5) is 16.7. The van der Waals surface area contributed by atoms with Crippen LogP contribution in [0.4, 0.5) is 16.3 Å². The van der Waals surface area contributed by atoms with E-state index in [-0.39, 0.29) is 16.3 Å². The third-order valence-corrected chi connectivity index (χ3v) is 8.01. The molecule has 0 atom stereocenters. The van der Waals surface area contributed by atoms with E-state index in [1.807, 2.05) is 41.0 Å². The fourth-order valence-corrected chi connectivity index (χ4v) is 5.91. The molecule has 1 N–H and O–H groups in total. The van der Waals surface area contributed by atoms with Gasteiger partial charge in [-0.25, -0.2) is 18.1 Å².